The number of anilines is 1. The fourth-order valence-corrected chi connectivity index (χ4v) is 4.34. The second kappa shape index (κ2) is 4.55. The van der Waals surface area contributed by atoms with Crippen LogP contribution in [0.1, 0.15) is 12.8 Å². The lowest BCUT2D eigenvalue weighted by molar-refractivity contribution is 0.477. The fraction of sp³-hybridized carbons (Fsp3) is 0.400. The molecule has 0 bridgehead atoms. The van der Waals surface area contributed by atoms with Crippen molar-refractivity contribution >= 4 is 31.6 Å². The molecule has 4 nitrogen and oxygen atoms in total. The highest BCUT2D eigenvalue weighted by Gasteiger charge is 2.29. The van der Waals surface area contributed by atoms with Crippen molar-refractivity contribution in [1.82, 2.24) is 4.31 Å². The summed E-state index contributed by atoms with van der Waals surface area (Å²) in [7, 11) is -3.57. The minimum atomic E-state index is -3.57. The quantitative estimate of drug-likeness (QED) is 0.846. The van der Waals surface area contributed by atoms with Crippen molar-refractivity contribution in [2.75, 3.05) is 18.8 Å². The van der Waals surface area contributed by atoms with Crippen molar-refractivity contribution in [1.29, 1.82) is 0 Å². The minimum absolute atomic E-state index is 0.0262. The number of nitrogens with two attached hydrogens (primary N) is 1. The van der Waals surface area contributed by atoms with Crippen molar-refractivity contribution in [2.24, 2.45) is 0 Å². The summed E-state index contributed by atoms with van der Waals surface area (Å²) in [5.41, 5.74) is 5.24. The van der Waals surface area contributed by atoms with E-state index in [9.17, 15) is 12.8 Å². The van der Waals surface area contributed by atoms with Crippen LogP contribution in [0.25, 0.3) is 0 Å². The van der Waals surface area contributed by atoms with Gasteiger partial charge in [-0.2, -0.15) is 4.31 Å². The van der Waals surface area contributed by atoms with Crippen molar-refractivity contribution in [2.45, 2.75) is 17.7 Å². The number of rotatable bonds is 2. The van der Waals surface area contributed by atoms with E-state index in [0.29, 0.717) is 13.1 Å². The predicted octanol–water partition coefficient (Wildman–Crippen LogP) is 1.95. The molecule has 1 heterocycles. The van der Waals surface area contributed by atoms with Gasteiger partial charge in [-0.3, -0.25) is 0 Å². The first-order valence-corrected chi connectivity index (χ1v) is 7.41. The number of halogens is 2. The van der Waals surface area contributed by atoms with Crippen molar-refractivity contribution in [3.8, 4) is 0 Å². The molecule has 1 saturated heterocycles. The third-order valence-corrected chi connectivity index (χ3v) is 5.59. The number of hydrogen-bond donors (Lipinski definition) is 1. The zero-order chi connectivity index (χ0) is 12.6. The van der Waals surface area contributed by atoms with Crippen LogP contribution >= 0.6 is 15.9 Å². The van der Waals surface area contributed by atoms with Crippen LogP contribution < -0.4 is 5.73 Å². The van der Waals surface area contributed by atoms with Gasteiger partial charge in [0.25, 0.3) is 0 Å². The van der Waals surface area contributed by atoms with Crippen LogP contribution in [0.2, 0.25) is 0 Å². The Morgan fingerprint density at radius 3 is 2.47 bits per heavy atom. The van der Waals surface area contributed by atoms with E-state index in [2.05, 4.69) is 15.9 Å². The number of hydrogen-bond acceptors (Lipinski definition) is 3. The Bertz CT molecular complexity index is 541. The molecule has 0 atom stereocenters. The first kappa shape index (κ1) is 12.8. The molecule has 1 aromatic rings. The van der Waals surface area contributed by atoms with Gasteiger partial charge in [0.15, 0.2) is 0 Å². The monoisotopic (exact) mass is 322 g/mol. The second-order valence-electron chi connectivity index (χ2n) is 3.92. The average Bonchev–Trinajstić information content (AvgIpc) is 2.77. The van der Waals surface area contributed by atoms with Crippen LogP contribution in [0, 0.1) is 5.82 Å². The van der Waals surface area contributed by atoms with Crippen LogP contribution in [0.3, 0.4) is 0 Å². The Morgan fingerprint density at radius 1 is 1.29 bits per heavy atom. The molecule has 1 aliphatic rings. The van der Waals surface area contributed by atoms with Gasteiger partial charge in [-0.15, -0.1) is 0 Å². The molecule has 1 fully saturated rings. The summed E-state index contributed by atoms with van der Waals surface area (Å²) in [4.78, 5) is 0.0262. The standard InChI is InChI=1S/C10H12BrFN2O2S/c11-7-5-8(12)9(13)6-10(7)17(15,16)14-3-1-2-4-14/h5-6H,1-4,13H2. The molecular formula is C10H12BrFN2O2S. The third kappa shape index (κ3) is 2.31. The van der Waals surface area contributed by atoms with Crippen molar-refractivity contribution < 1.29 is 12.8 Å². The van der Waals surface area contributed by atoms with Gasteiger partial charge in [-0.1, -0.05) is 0 Å². The molecule has 0 radical (unpaired) electrons. The van der Waals surface area contributed by atoms with Gasteiger partial charge < -0.3 is 5.73 Å². The summed E-state index contributed by atoms with van der Waals surface area (Å²) in [5, 5.41) is 0. The van der Waals surface area contributed by atoms with Crippen molar-refractivity contribution in [3.05, 3.63) is 22.4 Å². The van der Waals surface area contributed by atoms with Crippen LogP contribution in [0.15, 0.2) is 21.5 Å². The normalized spacial score (nSPS) is 17.5. The van der Waals surface area contributed by atoms with Crippen LogP contribution in [-0.2, 0) is 10.0 Å². The summed E-state index contributed by atoms with van der Waals surface area (Å²) in [6.07, 6.45) is 1.71. The summed E-state index contributed by atoms with van der Waals surface area (Å²) in [5.74, 6) is -0.628. The fourth-order valence-electron chi connectivity index (χ4n) is 1.81. The minimum Gasteiger partial charge on any atom is -0.396 e. The smallest absolute Gasteiger partial charge is 0.244 e. The molecule has 0 amide bonds. The lowest BCUT2D eigenvalue weighted by Gasteiger charge is -2.17. The second-order valence-corrected chi connectivity index (χ2v) is 6.68. The lowest BCUT2D eigenvalue weighted by Crippen LogP contribution is -2.28. The molecule has 0 aliphatic carbocycles. The van der Waals surface area contributed by atoms with Crippen molar-refractivity contribution in [3.63, 3.8) is 0 Å². The summed E-state index contributed by atoms with van der Waals surface area (Å²) in [6, 6.07) is 2.24. The Morgan fingerprint density at radius 2 is 1.88 bits per heavy atom. The SMILES string of the molecule is Nc1cc(S(=O)(=O)N2CCCC2)c(Br)cc1F. The number of benzene rings is 1. The summed E-state index contributed by atoms with van der Waals surface area (Å²) < 4.78 is 39.2. The van der Waals surface area contributed by atoms with E-state index in [1.807, 2.05) is 0 Å². The zero-order valence-corrected chi connectivity index (χ0v) is 11.4. The predicted molar refractivity (Wildman–Crippen MR) is 66.5 cm³/mol. The van der Waals surface area contributed by atoms with Gasteiger partial charge in [0.05, 0.1) is 10.6 Å². The van der Waals surface area contributed by atoms with E-state index in [4.69, 9.17) is 5.73 Å². The lowest BCUT2D eigenvalue weighted by atomic mass is 10.3. The highest BCUT2D eigenvalue weighted by Crippen LogP contribution is 2.30. The van der Waals surface area contributed by atoms with Crippen LogP contribution in [0.4, 0.5) is 10.1 Å². The highest BCUT2D eigenvalue weighted by atomic mass is 79.9. The van der Waals surface area contributed by atoms with Gasteiger partial charge in [-0.25, -0.2) is 12.8 Å². The molecule has 1 aliphatic heterocycles. The van der Waals surface area contributed by atoms with Gasteiger partial charge in [0.2, 0.25) is 10.0 Å². The Labute approximate surface area is 108 Å². The van der Waals surface area contributed by atoms with Crippen LogP contribution in [0.5, 0.6) is 0 Å². The molecule has 1 aromatic carbocycles. The molecule has 0 spiro atoms. The molecule has 0 aromatic heterocycles. The van der Waals surface area contributed by atoms with Gasteiger partial charge in [0, 0.05) is 17.6 Å². The Hall–Kier alpha value is -0.660. The van der Waals surface area contributed by atoms with Gasteiger partial charge >= 0.3 is 0 Å². The number of nitrogens with zero attached hydrogens (tertiary/aromatic N) is 1. The largest absolute Gasteiger partial charge is 0.396 e. The van der Waals surface area contributed by atoms with Gasteiger partial charge in [0.1, 0.15) is 5.82 Å². The molecule has 2 rings (SSSR count). The first-order chi connectivity index (χ1) is 7.93. The van der Waals surface area contributed by atoms with E-state index in [-0.39, 0.29) is 15.1 Å². The number of nitrogen functional groups attached to an aromatic ring is 1. The molecular weight excluding hydrogens is 311 g/mol. The molecule has 7 heteroatoms. The third-order valence-electron chi connectivity index (χ3n) is 2.73. The molecule has 0 saturated carbocycles. The Balaban J connectivity index is 2.49. The van der Waals surface area contributed by atoms with E-state index in [1.54, 1.807) is 0 Å². The maximum atomic E-state index is 13.2. The first-order valence-electron chi connectivity index (χ1n) is 5.17. The maximum Gasteiger partial charge on any atom is 0.244 e. The molecule has 2 N–H and O–H groups in total. The summed E-state index contributed by atoms with van der Waals surface area (Å²) in [6.45, 7) is 1.01. The van der Waals surface area contributed by atoms with Gasteiger partial charge in [-0.05, 0) is 40.9 Å². The van der Waals surface area contributed by atoms with E-state index < -0.39 is 15.8 Å². The van der Waals surface area contributed by atoms with E-state index in [1.165, 1.54) is 4.31 Å². The van der Waals surface area contributed by atoms with Crippen LogP contribution in [-0.4, -0.2) is 25.8 Å². The average molecular weight is 323 g/mol. The molecule has 94 valence electrons. The highest BCUT2D eigenvalue weighted by molar-refractivity contribution is 9.10. The summed E-state index contributed by atoms with van der Waals surface area (Å²) >= 11 is 3.06. The Kier molecular flexibility index (Phi) is 3.42. The molecule has 17 heavy (non-hydrogen) atoms. The van der Waals surface area contributed by atoms with E-state index >= 15 is 0 Å². The van der Waals surface area contributed by atoms with E-state index in [0.717, 1.165) is 25.0 Å². The maximum absolute atomic E-state index is 13.2. The molecule has 0 unspecified atom stereocenters. The zero-order valence-electron chi connectivity index (χ0n) is 8.99. The topological polar surface area (TPSA) is 63.4 Å². The number of sulfonamides is 1.